The Kier molecular flexibility index (Phi) is 5.42. The van der Waals surface area contributed by atoms with E-state index in [0.29, 0.717) is 28.7 Å². The summed E-state index contributed by atoms with van der Waals surface area (Å²) in [5, 5.41) is 4.35. The number of benzene rings is 2. The molecule has 1 N–H and O–H groups in total. The van der Waals surface area contributed by atoms with Crippen LogP contribution in [0.15, 0.2) is 42.5 Å². The van der Waals surface area contributed by atoms with Crippen molar-refractivity contribution in [1.82, 2.24) is 5.32 Å². The Balaban J connectivity index is 1.61. The largest absolute Gasteiger partial charge is 0.305 e. The average Bonchev–Trinajstić information content (AvgIpc) is 2.85. The average molecular weight is 377 g/mol. The van der Waals surface area contributed by atoms with E-state index < -0.39 is 6.04 Å². The van der Waals surface area contributed by atoms with Crippen LogP contribution in [-0.4, -0.2) is 24.4 Å². The van der Waals surface area contributed by atoms with Gasteiger partial charge in [0.15, 0.2) is 0 Å². The van der Waals surface area contributed by atoms with E-state index in [1.54, 1.807) is 24.3 Å². The zero-order valence-corrected chi connectivity index (χ0v) is 15.3. The quantitative estimate of drug-likeness (QED) is 0.808. The number of aryl methyl sites for hydroxylation is 1. The highest BCUT2D eigenvalue weighted by molar-refractivity contribution is 6.35. The Labute approximate surface area is 156 Å². The van der Waals surface area contributed by atoms with Crippen molar-refractivity contribution in [3.8, 4) is 0 Å². The van der Waals surface area contributed by atoms with E-state index in [1.807, 2.05) is 25.1 Å². The molecule has 2 amide bonds. The van der Waals surface area contributed by atoms with E-state index in [0.717, 1.165) is 11.1 Å². The van der Waals surface area contributed by atoms with Crippen LogP contribution in [0, 0.1) is 6.92 Å². The number of anilines is 1. The molecule has 6 heteroatoms. The number of carbonyl (C=O) groups is 2. The van der Waals surface area contributed by atoms with Crippen molar-refractivity contribution in [3.05, 3.63) is 63.6 Å². The second-order valence-corrected chi connectivity index (χ2v) is 6.94. The van der Waals surface area contributed by atoms with Gasteiger partial charge in [0.1, 0.15) is 0 Å². The molecular weight excluding hydrogens is 359 g/mol. The Bertz CT molecular complexity index is 806. The van der Waals surface area contributed by atoms with Crippen LogP contribution in [0.5, 0.6) is 0 Å². The standard InChI is InChI=1S/C19H18Cl2N2O2/c1-12-2-6-15(7-3-12)23-18(24)11-17(19(23)25)22-9-8-13-4-5-14(20)10-16(13)21/h2-7,10,17,22H,8-9,11H2,1H3. The van der Waals surface area contributed by atoms with E-state index in [9.17, 15) is 9.59 Å². The van der Waals surface area contributed by atoms with E-state index in [-0.39, 0.29) is 18.2 Å². The zero-order chi connectivity index (χ0) is 18.0. The minimum Gasteiger partial charge on any atom is -0.305 e. The van der Waals surface area contributed by atoms with Crippen molar-refractivity contribution < 1.29 is 9.59 Å². The minimum absolute atomic E-state index is 0.168. The van der Waals surface area contributed by atoms with Crippen LogP contribution in [-0.2, 0) is 16.0 Å². The van der Waals surface area contributed by atoms with Gasteiger partial charge in [-0.05, 0) is 49.7 Å². The van der Waals surface area contributed by atoms with Crippen molar-refractivity contribution in [2.45, 2.75) is 25.8 Å². The van der Waals surface area contributed by atoms with E-state index >= 15 is 0 Å². The number of nitrogens with zero attached hydrogens (tertiary/aromatic N) is 1. The lowest BCUT2D eigenvalue weighted by Gasteiger charge is -2.16. The summed E-state index contributed by atoms with van der Waals surface area (Å²) >= 11 is 12.0. The predicted octanol–water partition coefficient (Wildman–Crippen LogP) is 3.77. The first kappa shape index (κ1) is 17.9. The molecule has 4 nitrogen and oxygen atoms in total. The molecule has 1 fully saturated rings. The second-order valence-electron chi connectivity index (χ2n) is 6.10. The molecule has 0 bridgehead atoms. The molecular formula is C19H18Cl2N2O2. The van der Waals surface area contributed by atoms with Gasteiger partial charge in [-0.2, -0.15) is 0 Å². The third kappa shape index (κ3) is 4.03. The Morgan fingerprint density at radius 3 is 2.52 bits per heavy atom. The number of amides is 2. The molecule has 0 saturated carbocycles. The summed E-state index contributed by atoms with van der Waals surface area (Å²) in [6.07, 6.45) is 0.819. The fraction of sp³-hybridized carbons (Fsp3) is 0.263. The van der Waals surface area contributed by atoms with Gasteiger partial charge in [-0.1, -0.05) is 47.0 Å². The summed E-state index contributed by atoms with van der Waals surface area (Å²) in [4.78, 5) is 26.0. The highest BCUT2D eigenvalue weighted by atomic mass is 35.5. The summed E-state index contributed by atoms with van der Waals surface area (Å²) in [6.45, 7) is 2.51. The number of hydrogen-bond acceptors (Lipinski definition) is 3. The third-order valence-electron chi connectivity index (χ3n) is 4.24. The number of carbonyl (C=O) groups excluding carboxylic acids is 2. The Morgan fingerprint density at radius 2 is 1.84 bits per heavy atom. The molecule has 1 heterocycles. The van der Waals surface area contributed by atoms with Gasteiger partial charge in [-0.3, -0.25) is 9.59 Å². The molecule has 0 spiro atoms. The molecule has 130 valence electrons. The first-order valence-corrected chi connectivity index (χ1v) is 8.82. The molecule has 0 aliphatic carbocycles. The Hall–Kier alpha value is -1.88. The first-order valence-electron chi connectivity index (χ1n) is 8.06. The van der Waals surface area contributed by atoms with Crippen molar-refractivity contribution >= 4 is 40.7 Å². The van der Waals surface area contributed by atoms with Gasteiger partial charge < -0.3 is 5.32 Å². The summed E-state index contributed by atoms with van der Waals surface area (Å²) in [6, 6.07) is 12.2. The molecule has 25 heavy (non-hydrogen) atoms. The minimum atomic E-state index is -0.500. The normalized spacial score (nSPS) is 17.4. The number of rotatable bonds is 5. The van der Waals surface area contributed by atoms with Crippen molar-refractivity contribution in [1.29, 1.82) is 0 Å². The summed E-state index contributed by atoms with van der Waals surface area (Å²) < 4.78 is 0. The lowest BCUT2D eigenvalue weighted by atomic mass is 10.1. The second kappa shape index (κ2) is 7.56. The van der Waals surface area contributed by atoms with E-state index in [1.165, 1.54) is 4.90 Å². The zero-order valence-electron chi connectivity index (χ0n) is 13.8. The molecule has 2 aromatic rings. The Morgan fingerprint density at radius 1 is 1.12 bits per heavy atom. The lowest BCUT2D eigenvalue weighted by Crippen LogP contribution is -2.39. The van der Waals surface area contributed by atoms with Gasteiger partial charge in [0.25, 0.3) is 5.91 Å². The molecule has 1 unspecified atom stereocenters. The fourth-order valence-corrected chi connectivity index (χ4v) is 3.36. The van der Waals surface area contributed by atoms with Gasteiger partial charge >= 0.3 is 0 Å². The molecule has 3 rings (SSSR count). The van der Waals surface area contributed by atoms with E-state index in [4.69, 9.17) is 23.2 Å². The fourth-order valence-electron chi connectivity index (χ4n) is 2.86. The van der Waals surface area contributed by atoms with Crippen LogP contribution in [0.3, 0.4) is 0 Å². The van der Waals surface area contributed by atoms with Crippen LogP contribution in [0.2, 0.25) is 10.0 Å². The first-order chi connectivity index (χ1) is 12.0. The van der Waals surface area contributed by atoms with Gasteiger partial charge in [0.2, 0.25) is 5.91 Å². The van der Waals surface area contributed by atoms with E-state index in [2.05, 4.69) is 5.32 Å². The SMILES string of the molecule is Cc1ccc(N2C(=O)CC(NCCc3ccc(Cl)cc3Cl)C2=O)cc1. The molecule has 0 radical (unpaired) electrons. The van der Waals surface area contributed by atoms with Crippen LogP contribution in [0.4, 0.5) is 5.69 Å². The van der Waals surface area contributed by atoms with Crippen LogP contribution >= 0.6 is 23.2 Å². The van der Waals surface area contributed by atoms with Crippen LogP contribution in [0.25, 0.3) is 0 Å². The molecule has 1 aliphatic rings. The van der Waals surface area contributed by atoms with Gasteiger partial charge in [0.05, 0.1) is 18.2 Å². The monoisotopic (exact) mass is 376 g/mol. The molecule has 0 aromatic heterocycles. The maximum atomic E-state index is 12.6. The number of hydrogen-bond donors (Lipinski definition) is 1. The predicted molar refractivity (Wildman–Crippen MR) is 100 cm³/mol. The maximum Gasteiger partial charge on any atom is 0.251 e. The molecule has 2 aromatic carbocycles. The number of halogens is 2. The van der Waals surface area contributed by atoms with Crippen LogP contribution < -0.4 is 10.2 Å². The van der Waals surface area contributed by atoms with Gasteiger partial charge in [-0.25, -0.2) is 4.90 Å². The topological polar surface area (TPSA) is 49.4 Å². The van der Waals surface area contributed by atoms with Crippen molar-refractivity contribution in [2.75, 3.05) is 11.4 Å². The summed E-state index contributed by atoms with van der Waals surface area (Å²) in [5.41, 5.74) is 2.65. The molecule has 1 saturated heterocycles. The van der Waals surface area contributed by atoms with Gasteiger partial charge in [-0.15, -0.1) is 0 Å². The number of imide groups is 1. The summed E-state index contributed by atoms with van der Waals surface area (Å²) in [5.74, 6) is -0.396. The highest BCUT2D eigenvalue weighted by Gasteiger charge is 2.39. The van der Waals surface area contributed by atoms with Gasteiger partial charge in [0, 0.05) is 10.0 Å². The van der Waals surface area contributed by atoms with Crippen LogP contribution in [0.1, 0.15) is 17.5 Å². The molecule has 1 atom stereocenters. The van der Waals surface area contributed by atoms with Crippen molar-refractivity contribution in [3.63, 3.8) is 0 Å². The number of nitrogens with one attached hydrogen (secondary N) is 1. The lowest BCUT2D eigenvalue weighted by molar-refractivity contribution is -0.121. The summed E-state index contributed by atoms with van der Waals surface area (Å²) in [7, 11) is 0. The van der Waals surface area contributed by atoms with Crippen molar-refractivity contribution in [2.24, 2.45) is 0 Å². The maximum absolute atomic E-state index is 12.6. The molecule has 1 aliphatic heterocycles. The smallest absolute Gasteiger partial charge is 0.251 e. The third-order valence-corrected chi connectivity index (χ3v) is 4.83. The highest BCUT2D eigenvalue weighted by Crippen LogP contribution is 2.24.